The van der Waals surface area contributed by atoms with Gasteiger partial charge in [-0.05, 0) is 35.7 Å². The SMILES string of the molecule is O=C(CC[C@@H]1C[C@H](F)CN1C(=O)c1ccccc1-c1ccccc1)c1cccc2cccnc12. The maximum absolute atomic E-state index is 14.5. The maximum Gasteiger partial charge on any atom is 0.254 e. The van der Waals surface area contributed by atoms with E-state index >= 15 is 0 Å². The standard InChI is InChI=1S/C29H25FN2O2/c30-22-18-23(15-16-27(33)26-14-6-10-21-11-7-17-31-28(21)26)32(19-22)29(34)25-13-5-4-12-24(25)20-8-2-1-3-9-20/h1-14,17,22-23H,15-16,18-19H2/t22-,23+/m0/s1. The van der Waals surface area contributed by atoms with Gasteiger partial charge in [-0.1, -0.05) is 66.7 Å². The molecule has 0 unspecified atom stereocenters. The van der Waals surface area contributed by atoms with Crippen LogP contribution in [0.1, 0.15) is 40.0 Å². The van der Waals surface area contributed by atoms with E-state index in [-0.39, 0.29) is 37.1 Å². The lowest BCUT2D eigenvalue weighted by atomic mass is 9.97. The summed E-state index contributed by atoms with van der Waals surface area (Å²) in [6.45, 7) is 0.0522. The van der Waals surface area contributed by atoms with Crippen molar-refractivity contribution in [2.24, 2.45) is 0 Å². The number of alkyl halides is 1. The molecule has 5 heteroatoms. The van der Waals surface area contributed by atoms with Crippen LogP contribution in [0.25, 0.3) is 22.0 Å². The molecule has 0 radical (unpaired) electrons. The van der Waals surface area contributed by atoms with E-state index in [1.165, 1.54) is 0 Å². The Morgan fingerprint density at radius 3 is 2.47 bits per heavy atom. The second-order valence-electron chi connectivity index (χ2n) is 8.70. The predicted molar refractivity (Wildman–Crippen MR) is 132 cm³/mol. The van der Waals surface area contributed by atoms with E-state index in [0.717, 1.165) is 16.5 Å². The molecule has 1 amide bonds. The van der Waals surface area contributed by atoms with Gasteiger partial charge in [0.05, 0.1) is 12.1 Å². The van der Waals surface area contributed by atoms with Gasteiger partial charge in [0, 0.05) is 41.6 Å². The number of benzene rings is 3. The second kappa shape index (κ2) is 9.56. The zero-order valence-electron chi connectivity index (χ0n) is 18.7. The molecule has 0 spiro atoms. The van der Waals surface area contributed by atoms with Crippen LogP contribution in [0.2, 0.25) is 0 Å². The zero-order valence-corrected chi connectivity index (χ0v) is 18.7. The molecular formula is C29H25FN2O2. The summed E-state index contributed by atoms with van der Waals surface area (Å²) < 4.78 is 14.5. The molecule has 0 bridgehead atoms. The van der Waals surface area contributed by atoms with Crippen molar-refractivity contribution in [2.45, 2.75) is 31.5 Å². The van der Waals surface area contributed by atoms with E-state index in [1.54, 1.807) is 23.2 Å². The molecule has 3 aromatic carbocycles. The third-order valence-corrected chi connectivity index (χ3v) is 6.50. The Hall–Kier alpha value is -3.86. The van der Waals surface area contributed by atoms with Gasteiger partial charge in [-0.3, -0.25) is 14.6 Å². The first-order chi connectivity index (χ1) is 16.6. The Kier molecular flexibility index (Phi) is 6.17. The van der Waals surface area contributed by atoms with Gasteiger partial charge in [0.15, 0.2) is 5.78 Å². The first-order valence-corrected chi connectivity index (χ1v) is 11.6. The number of ketones is 1. The Morgan fingerprint density at radius 1 is 0.882 bits per heavy atom. The van der Waals surface area contributed by atoms with Crippen LogP contribution in [0.5, 0.6) is 0 Å². The number of hydrogen-bond donors (Lipinski definition) is 0. The van der Waals surface area contributed by atoms with Gasteiger partial charge in [0.1, 0.15) is 6.17 Å². The molecule has 4 nitrogen and oxygen atoms in total. The highest BCUT2D eigenvalue weighted by Crippen LogP contribution is 2.30. The molecule has 2 heterocycles. The minimum atomic E-state index is -1.09. The number of carbonyl (C=O) groups excluding carboxylic acids is 2. The third kappa shape index (κ3) is 4.34. The average molecular weight is 453 g/mol. The van der Waals surface area contributed by atoms with Crippen LogP contribution >= 0.6 is 0 Å². The number of halogens is 1. The molecule has 0 aliphatic carbocycles. The zero-order chi connectivity index (χ0) is 23.5. The molecule has 170 valence electrons. The third-order valence-electron chi connectivity index (χ3n) is 6.50. The Morgan fingerprint density at radius 2 is 1.62 bits per heavy atom. The minimum Gasteiger partial charge on any atom is -0.333 e. The minimum absolute atomic E-state index is 0.0382. The Balaban J connectivity index is 1.36. The quantitative estimate of drug-likeness (QED) is 0.331. The highest BCUT2D eigenvalue weighted by molar-refractivity contribution is 6.06. The molecule has 4 aromatic rings. The molecule has 1 aliphatic heterocycles. The molecule has 0 saturated carbocycles. The van der Waals surface area contributed by atoms with Crippen LogP contribution in [0.15, 0.2) is 91.1 Å². The van der Waals surface area contributed by atoms with Crippen LogP contribution in [-0.2, 0) is 0 Å². The van der Waals surface area contributed by atoms with Gasteiger partial charge in [0.2, 0.25) is 0 Å². The lowest BCUT2D eigenvalue weighted by Gasteiger charge is -2.25. The molecule has 2 atom stereocenters. The number of fused-ring (bicyclic) bond motifs is 1. The molecule has 1 saturated heterocycles. The number of rotatable bonds is 6. The van der Waals surface area contributed by atoms with Crippen molar-refractivity contribution in [3.05, 3.63) is 102 Å². The Bertz CT molecular complexity index is 1330. The lowest BCUT2D eigenvalue weighted by Crippen LogP contribution is -2.36. The summed E-state index contributed by atoms with van der Waals surface area (Å²) in [6.07, 6.45) is 1.49. The van der Waals surface area contributed by atoms with Crippen LogP contribution in [0.4, 0.5) is 4.39 Å². The second-order valence-corrected chi connectivity index (χ2v) is 8.70. The van der Waals surface area contributed by atoms with E-state index in [9.17, 15) is 14.0 Å². The number of hydrogen-bond acceptors (Lipinski definition) is 3. The summed E-state index contributed by atoms with van der Waals surface area (Å²) in [4.78, 5) is 32.6. The number of para-hydroxylation sites is 1. The van der Waals surface area contributed by atoms with Crippen LogP contribution in [0.3, 0.4) is 0 Å². The van der Waals surface area contributed by atoms with E-state index in [4.69, 9.17) is 0 Å². The maximum atomic E-state index is 14.5. The van der Waals surface area contributed by atoms with Gasteiger partial charge in [-0.2, -0.15) is 0 Å². The first-order valence-electron chi connectivity index (χ1n) is 11.6. The number of pyridine rings is 1. The van der Waals surface area contributed by atoms with Gasteiger partial charge >= 0.3 is 0 Å². The first kappa shape index (κ1) is 22.0. The lowest BCUT2D eigenvalue weighted by molar-refractivity contribution is 0.0715. The summed E-state index contributed by atoms with van der Waals surface area (Å²) in [5, 5.41) is 0.910. The van der Waals surface area contributed by atoms with Crippen LogP contribution in [-0.4, -0.2) is 40.3 Å². The fourth-order valence-corrected chi connectivity index (χ4v) is 4.84. The molecule has 0 N–H and O–H groups in total. The van der Waals surface area contributed by atoms with Crippen molar-refractivity contribution in [3.8, 4) is 11.1 Å². The fraction of sp³-hybridized carbons (Fsp3) is 0.207. The van der Waals surface area contributed by atoms with Crippen molar-refractivity contribution < 1.29 is 14.0 Å². The number of amides is 1. The van der Waals surface area contributed by atoms with Gasteiger partial charge in [0.25, 0.3) is 5.91 Å². The summed E-state index contributed by atoms with van der Waals surface area (Å²) >= 11 is 0. The van der Waals surface area contributed by atoms with Gasteiger partial charge in [-0.15, -0.1) is 0 Å². The molecular weight excluding hydrogens is 427 g/mol. The molecule has 1 aromatic heterocycles. The highest BCUT2D eigenvalue weighted by atomic mass is 19.1. The number of aromatic nitrogens is 1. The molecule has 1 aliphatic rings. The fourth-order valence-electron chi connectivity index (χ4n) is 4.84. The number of carbonyl (C=O) groups is 2. The number of Topliss-reactive ketones (excluding diaryl/α,β-unsaturated/α-hetero) is 1. The summed E-state index contributed by atoms with van der Waals surface area (Å²) in [7, 11) is 0. The summed E-state index contributed by atoms with van der Waals surface area (Å²) in [5.41, 5.74) is 3.57. The topological polar surface area (TPSA) is 50.3 Å². The largest absolute Gasteiger partial charge is 0.333 e. The van der Waals surface area contributed by atoms with Crippen LogP contribution in [0, 0.1) is 0 Å². The Labute approximate surface area is 198 Å². The smallest absolute Gasteiger partial charge is 0.254 e. The highest BCUT2D eigenvalue weighted by Gasteiger charge is 2.36. The van der Waals surface area contributed by atoms with Crippen LogP contribution < -0.4 is 0 Å². The van der Waals surface area contributed by atoms with Crippen molar-refractivity contribution in [3.63, 3.8) is 0 Å². The van der Waals surface area contributed by atoms with E-state index < -0.39 is 6.17 Å². The predicted octanol–water partition coefficient (Wildman–Crippen LogP) is 6.12. The normalized spacial score (nSPS) is 17.7. The van der Waals surface area contributed by atoms with Crippen molar-refractivity contribution >= 4 is 22.6 Å². The number of nitrogens with zero attached hydrogens (tertiary/aromatic N) is 2. The average Bonchev–Trinajstić information content (AvgIpc) is 3.27. The molecule has 34 heavy (non-hydrogen) atoms. The van der Waals surface area contributed by atoms with Gasteiger partial charge < -0.3 is 4.90 Å². The van der Waals surface area contributed by atoms with Crippen molar-refractivity contribution in [1.82, 2.24) is 9.88 Å². The monoisotopic (exact) mass is 452 g/mol. The molecule has 1 fully saturated rings. The summed E-state index contributed by atoms with van der Waals surface area (Å²) in [5.74, 6) is -0.229. The van der Waals surface area contributed by atoms with E-state index in [2.05, 4.69) is 4.98 Å². The molecule has 5 rings (SSSR count). The van der Waals surface area contributed by atoms with E-state index in [1.807, 2.05) is 72.8 Å². The van der Waals surface area contributed by atoms with Gasteiger partial charge in [-0.25, -0.2) is 4.39 Å². The number of likely N-dealkylation sites (tertiary alicyclic amines) is 1. The summed E-state index contributed by atoms with van der Waals surface area (Å²) in [6, 6.07) is 26.1. The van der Waals surface area contributed by atoms with Crippen molar-refractivity contribution in [2.75, 3.05) is 6.54 Å². The van der Waals surface area contributed by atoms with E-state index in [0.29, 0.717) is 23.1 Å². The van der Waals surface area contributed by atoms with Crippen molar-refractivity contribution in [1.29, 1.82) is 0 Å².